The van der Waals surface area contributed by atoms with E-state index in [1.165, 1.54) is 0 Å². The van der Waals surface area contributed by atoms with Crippen molar-refractivity contribution in [2.24, 2.45) is 0 Å². The summed E-state index contributed by atoms with van der Waals surface area (Å²) in [5.41, 5.74) is 2.98. The molecule has 110 valence electrons. The zero-order valence-corrected chi connectivity index (χ0v) is 12.9. The van der Waals surface area contributed by atoms with Crippen molar-refractivity contribution in [3.8, 4) is 0 Å². The second-order valence-corrected chi connectivity index (χ2v) is 6.05. The van der Waals surface area contributed by atoms with Crippen LogP contribution in [0.25, 0.3) is 0 Å². The summed E-state index contributed by atoms with van der Waals surface area (Å²) >= 11 is 0. The standard InChI is InChI=1S/C19H22O2/c1-14-6-4-8-16(12-14)18(20)11-10-15-7-5-9-17(13-15)19(2,3)21/h4-9,12-13,21H,10-11H2,1-3H3. The van der Waals surface area contributed by atoms with Crippen molar-refractivity contribution in [2.75, 3.05) is 0 Å². The number of benzene rings is 2. The number of aliphatic hydroxyl groups is 1. The summed E-state index contributed by atoms with van der Waals surface area (Å²) < 4.78 is 0. The third kappa shape index (κ3) is 4.27. The number of rotatable bonds is 5. The van der Waals surface area contributed by atoms with Crippen molar-refractivity contribution in [1.29, 1.82) is 0 Å². The molecule has 21 heavy (non-hydrogen) atoms. The fraction of sp³-hybridized carbons (Fsp3) is 0.316. The molecule has 0 bridgehead atoms. The lowest BCUT2D eigenvalue weighted by atomic mass is 9.94. The molecule has 0 fully saturated rings. The summed E-state index contributed by atoms with van der Waals surface area (Å²) in [5, 5.41) is 10.0. The van der Waals surface area contributed by atoms with Crippen LogP contribution in [0.2, 0.25) is 0 Å². The molecule has 0 amide bonds. The lowest BCUT2D eigenvalue weighted by Crippen LogP contribution is -2.15. The van der Waals surface area contributed by atoms with Crippen LogP contribution in [0, 0.1) is 6.92 Å². The van der Waals surface area contributed by atoms with Gasteiger partial charge in [-0.15, -0.1) is 0 Å². The van der Waals surface area contributed by atoms with Gasteiger partial charge in [-0.1, -0.05) is 48.0 Å². The van der Waals surface area contributed by atoms with Gasteiger partial charge in [0, 0.05) is 12.0 Å². The maximum absolute atomic E-state index is 12.2. The number of hydrogen-bond acceptors (Lipinski definition) is 2. The maximum Gasteiger partial charge on any atom is 0.163 e. The van der Waals surface area contributed by atoms with Crippen molar-refractivity contribution < 1.29 is 9.90 Å². The van der Waals surface area contributed by atoms with E-state index in [1.54, 1.807) is 13.8 Å². The van der Waals surface area contributed by atoms with Crippen molar-refractivity contribution in [3.63, 3.8) is 0 Å². The van der Waals surface area contributed by atoms with E-state index in [-0.39, 0.29) is 5.78 Å². The van der Waals surface area contributed by atoms with Crippen LogP contribution < -0.4 is 0 Å². The van der Waals surface area contributed by atoms with Crippen LogP contribution in [0.4, 0.5) is 0 Å². The third-order valence-corrected chi connectivity index (χ3v) is 3.61. The highest BCUT2D eigenvalue weighted by molar-refractivity contribution is 5.96. The Morgan fingerprint density at radius 3 is 2.48 bits per heavy atom. The Hall–Kier alpha value is -1.93. The minimum Gasteiger partial charge on any atom is -0.386 e. The quantitative estimate of drug-likeness (QED) is 0.840. The molecule has 0 saturated heterocycles. The first-order valence-electron chi connectivity index (χ1n) is 7.28. The summed E-state index contributed by atoms with van der Waals surface area (Å²) in [7, 11) is 0. The van der Waals surface area contributed by atoms with E-state index in [4.69, 9.17) is 0 Å². The number of Topliss-reactive ketones (excluding diaryl/α,β-unsaturated/α-hetero) is 1. The monoisotopic (exact) mass is 282 g/mol. The fourth-order valence-electron chi connectivity index (χ4n) is 2.33. The van der Waals surface area contributed by atoms with E-state index in [1.807, 2.05) is 55.5 Å². The second-order valence-electron chi connectivity index (χ2n) is 6.05. The molecular weight excluding hydrogens is 260 g/mol. The Morgan fingerprint density at radius 2 is 1.81 bits per heavy atom. The minimum absolute atomic E-state index is 0.160. The summed E-state index contributed by atoms with van der Waals surface area (Å²) in [6, 6.07) is 15.5. The van der Waals surface area contributed by atoms with Crippen LogP contribution in [-0.4, -0.2) is 10.9 Å². The zero-order valence-electron chi connectivity index (χ0n) is 12.9. The summed E-state index contributed by atoms with van der Waals surface area (Å²) in [5.74, 6) is 0.160. The topological polar surface area (TPSA) is 37.3 Å². The Balaban J connectivity index is 2.05. The van der Waals surface area contributed by atoms with Gasteiger partial charge in [-0.05, 0) is 44.4 Å². The predicted octanol–water partition coefficient (Wildman–Crippen LogP) is 4.04. The lowest BCUT2D eigenvalue weighted by Gasteiger charge is -2.18. The average Bonchev–Trinajstić information content (AvgIpc) is 2.44. The molecule has 2 heteroatoms. The van der Waals surface area contributed by atoms with Gasteiger partial charge in [0.1, 0.15) is 0 Å². The molecule has 0 heterocycles. The van der Waals surface area contributed by atoms with Crippen molar-refractivity contribution in [3.05, 3.63) is 70.8 Å². The molecular formula is C19H22O2. The molecule has 0 unspecified atom stereocenters. The van der Waals surface area contributed by atoms with E-state index in [9.17, 15) is 9.90 Å². The first kappa shape index (κ1) is 15.5. The molecule has 2 aromatic rings. The maximum atomic E-state index is 12.2. The number of carbonyl (C=O) groups excluding carboxylic acids is 1. The number of hydrogen-bond donors (Lipinski definition) is 1. The number of ketones is 1. The van der Waals surface area contributed by atoms with Gasteiger partial charge in [0.15, 0.2) is 5.78 Å². The van der Waals surface area contributed by atoms with Gasteiger partial charge in [0.2, 0.25) is 0 Å². The Labute approximate surface area is 126 Å². The van der Waals surface area contributed by atoms with Crippen LogP contribution in [0.5, 0.6) is 0 Å². The van der Waals surface area contributed by atoms with Gasteiger partial charge in [-0.25, -0.2) is 0 Å². The van der Waals surface area contributed by atoms with Crippen LogP contribution in [0.1, 0.15) is 47.3 Å². The molecule has 0 aliphatic heterocycles. The number of aryl methyl sites for hydroxylation is 2. The van der Waals surface area contributed by atoms with E-state index in [0.717, 1.165) is 22.3 Å². The fourth-order valence-corrected chi connectivity index (χ4v) is 2.33. The van der Waals surface area contributed by atoms with Gasteiger partial charge < -0.3 is 5.11 Å². The highest BCUT2D eigenvalue weighted by Gasteiger charge is 2.16. The lowest BCUT2D eigenvalue weighted by molar-refractivity contribution is 0.0785. The van der Waals surface area contributed by atoms with Crippen molar-refractivity contribution in [1.82, 2.24) is 0 Å². The van der Waals surface area contributed by atoms with Gasteiger partial charge in [0.05, 0.1) is 5.60 Å². The molecule has 0 atom stereocenters. The molecule has 2 rings (SSSR count). The van der Waals surface area contributed by atoms with E-state index in [0.29, 0.717) is 12.8 Å². The Kier molecular flexibility index (Phi) is 4.59. The average molecular weight is 282 g/mol. The van der Waals surface area contributed by atoms with Gasteiger partial charge >= 0.3 is 0 Å². The predicted molar refractivity (Wildman–Crippen MR) is 85.5 cm³/mol. The molecule has 0 aliphatic carbocycles. The molecule has 0 spiro atoms. The summed E-state index contributed by atoms with van der Waals surface area (Å²) in [4.78, 5) is 12.2. The number of carbonyl (C=O) groups is 1. The highest BCUT2D eigenvalue weighted by Crippen LogP contribution is 2.21. The normalized spacial score (nSPS) is 11.4. The van der Waals surface area contributed by atoms with Crippen LogP contribution in [0.15, 0.2) is 48.5 Å². The molecule has 0 aromatic heterocycles. The van der Waals surface area contributed by atoms with Crippen LogP contribution in [0.3, 0.4) is 0 Å². The highest BCUT2D eigenvalue weighted by atomic mass is 16.3. The molecule has 1 N–H and O–H groups in total. The van der Waals surface area contributed by atoms with Crippen molar-refractivity contribution >= 4 is 5.78 Å². The van der Waals surface area contributed by atoms with Gasteiger partial charge in [-0.2, -0.15) is 0 Å². The zero-order chi connectivity index (χ0) is 15.5. The third-order valence-electron chi connectivity index (χ3n) is 3.61. The van der Waals surface area contributed by atoms with E-state index < -0.39 is 5.60 Å². The first-order chi connectivity index (χ1) is 9.86. The van der Waals surface area contributed by atoms with Gasteiger partial charge in [-0.3, -0.25) is 4.79 Å². The Morgan fingerprint density at radius 1 is 1.10 bits per heavy atom. The van der Waals surface area contributed by atoms with E-state index >= 15 is 0 Å². The van der Waals surface area contributed by atoms with Crippen molar-refractivity contribution in [2.45, 2.75) is 39.2 Å². The Bertz CT molecular complexity index is 636. The molecule has 0 aliphatic rings. The van der Waals surface area contributed by atoms with Gasteiger partial charge in [0.25, 0.3) is 0 Å². The largest absolute Gasteiger partial charge is 0.386 e. The molecule has 2 aromatic carbocycles. The van der Waals surface area contributed by atoms with E-state index in [2.05, 4.69) is 0 Å². The summed E-state index contributed by atoms with van der Waals surface area (Å²) in [6.07, 6.45) is 1.18. The van der Waals surface area contributed by atoms with Crippen LogP contribution in [-0.2, 0) is 12.0 Å². The first-order valence-corrected chi connectivity index (χ1v) is 7.28. The smallest absolute Gasteiger partial charge is 0.163 e. The molecule has 0 saturated carbocycles. The summed E-state index contributed by atoms with van der Waals surface area (Å²) in [6.45, 7) is 5.53. The second kappa shape index (κ2) is 6.23. The SMILES string of the molecule is Cc1cccc(C(=O)CCc2cccc(C(C)(C)O)c2)c1. The molecule has 2 nitrogen and oxygen atoms in total. The van der Waals surface area contributed by atoms with Crippen LogP contribution >= 0.6 is 0 Å². The minimum atomic E-state index is -0.851. The molecule has 0 radical (unpaired) electrons.